The molecule has 28 heavy (non-hydrogen) atoms. The lowest BCUT2D eigenvalue weighted by Gasteiger charge is -2.14. The summed E-state index contributed by atoms with van der Waals surface area (Å²) in [5.74, 6) is 1.68. The van der Waals surface area contributed by atoms with Gasteiger partial charge in [-0.1, -0.05) is 12.1 Å². The fourth-order valence-corrected chi connectivity index (χ4v) is 2.97. The Morgan fingerprint density at radius 2 is 1.93 bits per heavy atom. The number of thiophene rings is 1. The molecule has 154 valence electrons. The number of nitrogens with zero attached hydrogens (tertiary/aromatic N) is 1. The SMILES string of the molecule is CCNC(=O)COc1ccc(CNC(=NC)NCc2cccs2)cc1OC.I. The quantitative estimate of drug-likeness (QED) is 0.270. The first-order valence-electron chi connectivity index (χ1n) is 8.69. The van der Waals surface area contributed by atoms with Crippen molar-refractivity contribution in [1.82, 2.24) is 16.0 Å². The molecule has 0 saturated carbocycles. The molecule has 0 bridgehead atoms. The van der Waals surface area contributed by atoms with Crippen molar-refractivity contribution in [2.75, 3.05) is 27.3 Å². The number of likely N-dealkylation sites (N-methyl/N-ethyl adjacent to an activating group) is 1. The van der Waals surface area contributed by atoms with Crippen molar-refractivity contribution in [2.24, 2.45) is 4.99 Å². The summed E-state index contributed by atoms with van der Waals surface area (Å²) in [5, 5.41) is 11.3. The predicted octanol–water partition coefficient (Wildman–Crippen LogP) is 2.75. The first kappa shape index (κ1) is 24.0. The average molecular weight is 518 g/mol. The van der Waals surface area contributed by atoms with Crippen molar-refractivity contribution in [3.05, 3.63) is 46.2 Å². The van der Waals surface area contributed by atoms with Gasteiger partial charge in [0.25, 0.3) is 5.91 Å². The molecular formula is C19H27IN4O3S. The topological polar surface area (TPSA) is 84.0 Å². The van der Waals surface area contributed by atoms with Gasteiger partial charge in [0.2, 0.25) is 0 Å². The molecule has 9 heteroatoms. The second kappa shape index (κ2) is 13.2. The molecule has 0 radical (unpaired) electrons. The molecule has 3 N–H and O–H groups in total. The Balaban J connectivity index is 0.00000392. The third kappa shape index (κ3) is 7.93. The van der Waals surface area contributed by atoms with Crippen LogP contribution in [0.15, 0.2) is 40.7 Å². The molecule has 1 aromatic carbocycles. The van der Waals surface area contributed by atoms with E-state index < -0.39 is 0 Å². The van der Waals surface area contributed by atoms with E-state index in [1.165, 1.54) is 4.88 Å². The minimum atomic E-state index is -0.161. The number of methoxy groups -OCH3 is 1. The summed E-state index contributed by atoms with van der Waals surface area (Å²) < 4.78 is 10.9. The molecular weight excluding hydrogens is 491 g/mol. The van der Waals surface area contributed by atoms with Crippen LogP contribution in [0.3, 0.4) is 0 Å². The van der Waals surface area contributed by atoms with Crippen LogP contribution in [0.25, 0.3) is 0 Å². The van der Waals surface area contributed by atoms with Crippen LogP contribution in [0.2, 0.25) is 0 Å². The Labute approximate surface area is 186 Å². The Morgan fingerprint density at radius 3 is 2.57 bits per heavy atom. The summed E-state index contributed by atoms with van der Waals surface area (Å²) in [6.07, 6.45) is 0. The highest BCUT2D eigenvalue weighted by Gasteiger charge is 2.09. The van der Waals surface area contributed by atoms with Crippen LogP contribution in [-0.2, 0) is 17.9 Å². The fraction of sp³-hybridized carbons (Fsp3) is 0.368. The Kier molecular flexibility index (Phi) is 11.3. The van der Waals surface area contributed by atoms with Gasteiger partial charge in [0.1, 0.15) is 0 Å². The van der Waals surface area contributed by atoms with Gasteiger partial charge in [-0.15, -0.1) is 35.3 Å². The Morgan fingerprint density at radius 1 is 1.14 bits per heavy atom. The van der Waals surface area contributed by atoms with Crippen LogP contribution in [0.4, 0.5) is 0 Å². The van der Waals surface area contributed by atoms with Crippen molar-refractivity contribution >= 4 is 47.2 Å². The number of nitrogens with one attached hydrogen (secondary N) is 3. The molecule has 0 atom stereocenters. The number of hydrogen-bond donors (Lipinski definition) is 3. The molecule has 0 aliphatic heterocycles. The maximum absolute atomic E-state index is 11.5. The minimum Gasteiger partial charge on any atom is -0.493 e. The van der Waals surface area contributed by atoms with E-state index in [2.05, 4.69) is 32.4 Å². The molecule has 7 nitrogen and oxygen atoms in total. The number of benzene rings is 1. The van der Waals surface area contributed by atoms with Crippen LogP contribution in [-0.4, -0.2) is 39.2 Å². The monoisotopic (exact) mass is 518 g/mol. The molecule has 2 aromatic rings. The smallest absolute Gasteiger partial charge is 0.257 e. The van der Waals surface area contributed by atoms with Crippen LogP contribution in [0.1, 0.15) is 17.4 Å². The van der Waals surface area contributed by atoms with Gasteiger partial charge in [-0.2, -0.15) is 0 Å². The number of ether oxygens (including phenoxy) is 2. The van der Waals surface area contributed by atoms with Crippen molar-refractivity contribution in [2.45, 2.75) is 20.0 Å². The Hall–Kier alpha value is -2.01. The highest BCUT2D eigenvalue weighted by atomic mass is 127. The summed E-state index contributed by atoms with van der Waals surface area (Å²) in [7, 11) is 3.32. The summed E-state index contributed by atoms with van der Waals surface area (Å²) in [5.41, 5.74) is 1.01. The predicted molar refractivity (Wildman–Crippen MR) is 124 cm³/mol. The number of aliphatic imine (C=N–C) groups is 1. The van der Waals surface area contributed by atoms with Gasteiger partial charge in [-0.05, 0) is 36.1 Å². The summed E-state index contributed by atoms with van der Waals surface area (Å²) in [4.78, 5) is 17.0. The molecule has 0 aliphatic rings. The largest absolute Gasteiger partial charge is 0.493 e. The van der Waals surface area contributed by atoms with E-state index in [-0.39, 0.29) is 36.5 Å². The summed E-state index contributed by atoms with van der Waals surface area (Å²) in [6, 6.07) is 9.72. The molecule has 0 saturated heterocycles. The van der Waals surface area contributed by atoms with Crippen LogP contribution >= 0.6 is 35.3 Å². The van der Waals surface area contributed by atoms with E-state index in [9.17, 15) is 4.79 Å². The lowest BCUT2D eigenvalue weighted by molar-refractivity contribution is -0.123. The molecule has 2 rings (SSSR count). The maximum atomic E-state index is 11.5. The first-order valence-corrected chi connectivity index (χ1v) is 9.57. The van der Waals surface area contributed by atoms with Crippen molar-refractivity contribution < 1.29 is 14.3 Å². The van der Waals surface area contributed by atoms with E-state index in [1.807, 2.05) is 25.1 Å². The highest BCUT2D eigenvalue weighted by Crippen LogP contribution is 2.28. The number of hydrogen-bond acceptors (Lipinski definition) is 5. The fourth-order valence-electron chi connectivity index (χ4n) is 2.32. The van der Waals surface area contributed by atoms with Gasteiger partial charge in [0, 0.05) is 25.0 Å². The lowest BCUT2D eigenvalue weighted by Crippen LogP contribution is -2.36. The standard InChI is InChI=1S/C19H26N4O3S.HI/c1-4-21-18(24)13-26-16-8-7-14(10-17(16)25-3)11-22-19(20-2)23-12-15-6-5-9-27-15;/h5-10H,4,11-13H2,1-3H3,(H,21,24)(H2,20,22,23);1H. The van der Waals surface area contributed by atoms with Crippen LogP contribution in [0, 0.1) is 0 Å². The van der Waals surface area contributed by atoms with Gasteiger partial charge < -0.3 is 25.4 Å². The first-order chi connectivity index (χ1) is 13.2. The van der Waals surface area contributed by atoms with Gasteiger partial charge in [0.15, 0.2) is 24.1 Å². The normalized spacial score (nSPS) is 10.6. The number of rotatable bonds is 9. The second-order valence-electron chi connectivity index (χ2n) is 5.59. The Bertz CT molecular complexity index is 754. The number of guanidine groups is 1. The highest BCUT2D eigenvalue weighted by molar-refractivity contribution is 14.0. The number of carbonyl (C=O) groups excluding carboxylic acids is 1. The molecule has 1 heterocycles. The van der Waals surface area contributed by atoms with Crippen molar-refractivity contribution in [3.8, 4) is 11.5 Å². The van der Waals surface area contributed by atoms with Crippen molar-refractivity contribution in [3.63, 3.8) is 0 Å². The van der Waals surface area contributed by atoms with Crippen LogP contribution < -0.4 is 25.4 Å². The molecule has 1 aromatic heterocycles. The summed E-state index contributed by atoms with van der Waals surface area (Å²) >= 11 is 1.70. The molecule has 0 aliphatic carbocycles. The van der Waals surface area contributed by atoms with Crippen LogP contribution in [0.5, 0.6) is 11.5 Å². The third-order valence-corrected chi connectivity index (χ3v) is 4.53. The number of carbonyl (C=O) groups is 1. The molecule has 0 unspecified atom stereocenters. The van der Waals surface area contributed by atoms with E-state index >= 15 is 0 Å². The second-order valence-corrected chi connectivity index (χ2v) is 6.62. The lowest BCUT2D eigenvalue weighted by atomic mass is 10.2. The summed E-state index contributed by atoms with van der Waals surface area (Å²) in [6.45, 7) is 3.71. The minimum absolute atomic E-state index is 0. The van der Waals surface area contributed by atoms with E-state index in [1.54, 1.807) is 31.6 Å². The van der Waals surface area contributed by atoms with Gasteiger partial charge in [-0.3, -0.25) is 9.79 Å². The molecule has 0 spiro atoms. The van der Waals surface area contributed by atoms with Crippen molar-refractivity contribution in [1.29, 1.82) is 0 Å². The van der Waals surface area contributed by atoms with E-state index in [4.69, 9.17) is 9.47 Å². The van der Waals surface area contributed by atoms with E-state index in [0.717, 1.165) is 18.1 Å². The zero-order chi connectivity index (χ0) is 19.5. The molecule has 1 amide bonds. The van der Waals surface area contributed by atoms with Gasteiger partial charge in [0.05, 0.1) is 13.7 Å². The van der Waals surface area contributed by atoms with E-state index in [0.29, 0.717) is 24.6 Å². The third-order valence-electron chi connectivity index (χ3n) is 3.65. The van der Waals surface area contributed by atoms with Gasteiger partial charge >= 0.3 is 0 Å². The zero-order valence-electron chi connectivity index (χ0n) is 16.3. The molecule has 0 fully saturated rings. The average Bonchev–Trinajstić information content (AvgIpc) is 3.20. The van der Waals surface area contributed by atoms with Gasteiger partial charge in [-0.25, -0.2) is 0 Å². The number of halogens is 1. The zero-order valence-corrected chi connectivity index (χ0v) is 19.4. The maximum Gasteiger partial charge on any atom is 0.257 e. The number of amides is 1.